The normalized spacial score (nSPS) is 14.5. The molecule has 2 N–H and O–H groups in total. The quantitative estimate of drug-likeness (QED) is 0.642. The van der Waals surface area contributed by atoms with Gasteiger partial charge in [0.15, 0.2) is 5.11 Å². The maximum absolute atomic E-state index is 5.51. The molecule has 0 unspecified atom stereocenters. The van der Waals surface area contributed by atoms with E-state index in [2.05, 4.69) is 50.4 Å². The lowest BCUT2D eigenvalue weighted by molar-refractivity contribution is 0.344. The summed E-state index contributed by atoms with van der Waals surface area (Å²) >= 11 is 5.51. The molecule has 1 aromatic heterocycles. The van der Waals surface area contributed by atoms with E-state index in [0.717, 1.165) is 36.6 Å². The summed E-state index contributed by atoms with van der Waals surface area (Å²) < 4.78 is 2.18. The SMILES string of the molecule is S=C(NCCN1CCCC1)Nc1nc2ccccc2n1Cc1ccccc1. The van der Waals surface area contributed by atoms with Gasteiger partial charge in [-0.2, -0.15) is 0 Å². The monoisotopic (exact) mass is 379 g/mol. The van der Waals surface area contributed by atoms with Crippen LogP contribution in [-0.4, -0.2) is 45.7 Å². The van der Waals surface area contributed by atoms with Crippen molar-refractivity contribution in [2.45, 2.75) is 19.4 Å². The summed E-state index contributed by atoms with van der Waals surface area (Å²) in [6.07, 6.45) is 2.62. The first-order chi connectivity index (χ1) is 13.3. The summed E-state index contributed by atoms with van der Waals surface area (Å²) in [5, 5.41) is 7.24. The number of para-hydroxylation sites is 2. The van der Waals surface area contributed by atoms with Crippen LogP contribution < -0.4 is 10.6 Å². The second kappa shape index (κ2) is 8.50. The number of anilines is 1. The van der Waals surface area contributed by atoms with Crippen LogP contribution in [0.2, 0.25) is 0 Å². The molecule has 3 aromatic rings. The van der Waals surface area contributed by atoms with Crippen molar-refractivity contribution in [3.05, 3.63) is 60.2 Å². The van der Waals surface area contributed by atoms with Gasteiger partial charge in [-0.3, -0.25) is 0 Å². The van der Waals surface area contributed by atoms with Gasteiger partial charge in [0.1, 0.15) is 0 Å². The van der Waals surface area contributed by atoms with Gasteiger partial charge in [0.2, 0.25) is 5.95 Å². The molecule has 0 saturated carbocycles. The van der Waals surface area contributed by atoms with Gasteiger partial charge in [-0.25, -0.2) is 4.98 Å². The number of thiocarbonyl (C=S) groups is 1. The number of fused-ring (bicyclic) bond motifs is 1. The molecule has 2 aromatic carbocycles. The average molecular weight is 380 g/mol. The predicted molar refractivity (Wildman–Crippen MR) is 115 cm³/mol. The van der Waals surface area contributed by atoms with Crippen molar-refractivity contribution in [2.24, 2.45) is 0 Å². The highest BCUT2D eigenvalue weighted by Gasteiger charge is 2.13. The highest BCUT2D eigenvalue weighted by atomic mass is 32.1. The maximum Gasteiger partial charge on any atom is 0.210 e. The lowest BCUT2D eigenvalue weighted by Crippen LogP contribution is -2.36. The van der Waals surface area contributed by atoms with Crippen molar-refractivity contribution in [3.63, 3.8) is 0 Å². The molecule has 0 radical (unpaired) electrons. The smallest absolute Gasteiger partial charge is 0.210 e. The van der Waals surface area contributed by atoms with Crippen LogP contribution in [0, 0.1) is 0 Å². The Morgan fingerprint density at radius 2 is 1.74 bits per heavy atom. The number of aromatic nitrogens is 2. The van der Waals surface area contributed by atoms with Crippen molar-refractivity contribution in [1.82, 2.24) is 19.8 Å². The van der Waals surface area contributed by atoms with Gasteiger partial charge in [0.05, 0.1) is 17.6 Å². The van der Waals surface area contributed by atoms with Crippen LogP contribution in [0.25, 0.3) is 11.0 Å². The zero-order valence-electron chi connectivity index (χ0n) is 15.4. The Balaban J connectivity index is 1.46. The maximum atomic E-state index is 5.51. The first-order valence-electron chi connectivity index (χ1n) is 9.56. The lowest BCUT2D eigenvalue weighted by atomic mass is 10.2. The van der Waals surface area contributed by atoms with Gasteiger partial charge in [0.25, 0.3) is 0 Å². The van der Waals surface area contributed by atoms with E-state index in [1.165, 1.54) is 31.5 Å². The van der Waals surface area contributed by atoms with Crippen LogP contribution in [0.4, 0.5) is 5.95 Å². The van der Waals surface area contributed by atoms with Gasteiger partial charge in [-0.05, 0) is 55.8 Å². The predicted octanol–water partition coefficient (Wildman–Crippen LogP) is 3.47. The number of imidazole rings is 1. The minimum atomic E-state index is 0.624. The third kappa shape index (κ3) is 4.46. The minimum Gasteiger partial charge on any atom is -0.361 e. The fourth-order valence-corrected chi connectivity index (χ4v) is 3.77. The van der Waals surface area contributed by atoms with Gasteiger partial charge >= 0.3 is 0 Å². The number of benzene rings is 2. The van der Waals surface area contributed by atoms with Gasteiger partial charge < -0.3 is 20.1 Å². The Bertz CT molecular complexity index is 899. The van der Waals surface area contributed by atoms with E-state index in [0.29, 0.717) is 5.11 Å². The fraction of sp³-hybridized carbons (Fsp3) is 0.333. The summed E-state index contributed by atoms with van der Waals surface area (Å²) in [6.45, 7) is 5.04. The molecule has 27 heavy (non-hydrogen) atoms. The van der Waals surface area contributed by atoms with Crippen molar-refractivity contribution >= 4 is 34.3 Å². The van der Waals surface area contributed by atoms with Crippen LogP contribution in [0.5, 0.6) is 0 Å². The largest absolute Gasteiger partial charge is 0.361 e. The second-order valence-electron chi connectivity index (χ2n) is 6.93. The van der Waals surface area contributed by atoms with E-state index in [1.54, 1.807) is 0 Å². The van der Waals surface area contributed by atoms with E-state index >= 15 is 0 Å². The van der Waals surface area contributed by atoms with E-state index in [9.17, 15) is 0 Å². The number of nitrogens with zero attached hydrogens (tertiary/aromatic N) is 3. The summed E-state index contributed by atoms with van der Waals surface area (Å²) in [7, 11) is 0. The molecule has 0 aliphatic carbocycles. The van der Waals surface area contributed by atoms with E-state index in [-0.39, 0.29) is 0 Å². The standard InChI is InChI=1S/C21H25N5S/c27-21(22-12-15-25-13-6-7-14-25)24-20-23-18-10-4-5-11-19(18)26(20)16-17-8-2-1-3-9-17/h1-5,8-11H,6-7,12-16H2,(H2,22,23,24,27). The zero-order chi connectivity index (χ0) is 18.5. The van der Waals surface area contributed by atoms with Gasteiger partial charge in [-0.1, -0.05) is 42.5 Å². The van der Waals surface area contributed by atoms with Gasteiger partial charge in [-0.15, -0.1) is 0 Å². The van der Waals surface area contributed by atoms with Crippen molar-refractivity contribution in [1.29, 1.82) is 0 Å². The molecule has 6 heteroatoms. The van der Waals surface area contributed by atoms with Crippen LogP contribution in [0.1, 0.15) is 18.4 Å². The Morgan fingerprint density at radius 3 is 2.56 bits per heavy atom. The number of rotatable bonds is 6. The molecule has 0 spiro atoms. The minimum absolute atomic E-state index is 0.624. The Morgan fingerprint density at radius 1 is 1.00 bits per heavy atom. The highest BCUT2D eigenvalue weighted by molar-refractivity contribution is 7.80. The molecule has 4 rings (SSSR count). The Hall–Kier alpha value is -2.44. The molecule has 5 nitrogen and oxygen atoms in total. The number of hydrogen-bond donors (Lipinski definition) is 2. The van der Waals surface area contributed by atoms with Crippen molar-refractivity contribution in [2.75, 3.05) is 31.5 Å². The zero-order valence-corrected chi connectivity index (χ0v) is 16.2. The van der Waals surface area contributed by atoms with E-state index < -0.39 is 0 Å². The van der Waals surface area contributed by atoms with Crippen LogP contribution in [-0.2, 0) is 6.54 Å². The fourth-order valence-electron chi connectivity index (χ4n) is 3.58. The molecule has 1 aliphatic rings. The Labute approximate surface area is 165 Å². The number of likely N-dealkylation sites (tertiary alicyclic amines) is 1. The van der Waals surface area contributed by atoms with Gasteiger partial charge in [0, 0.05) is 13.1 Å². The van der Waals surface area contributed by atoms with Crippen LogP contribution >= 0.6 is 12.2 Å². The third-order valence-corrected chi connectivity index (χ3v) is 5.22. The lowest BCUT2D eigenvalue weighted by Gasteiger charge is -2.16. The molecule has 0 amide bonds. The summed E-state index contributed by atoms with van der Waals surface area (Å²) in [5.41, 5.74) is 3.30. The number of hydrogen-bond acceptors (Lipinski definition) is 3. The summed E-state index contributed by atoms with van der Waals surface area (Å²) in [5.74, 6) is 0.777. The first-order valence-corrected chi connectivity index (χ1v) is 9.97. The summed E-state index contributed by atoms with van der Waals surface area (Å²) in [4.78, 5) is 7.22. The third-order valence-electron chi connectivity index (χ3n) is 4.98. The topological polar surface area (TPSA) is 45.1 Å². The molecule has 140 valence electrons. The van der Waals surface area contributed by atoms with E-state index in [4.69, 9.17) is 17.2 Å². The van der Waals surface area contributed by atoms with Crippen LogP contribution in [0.15, 0.2) is 54.6 Å². The molecule has 1 fully saturated rings. The molecular weight excluding hydrogens is 354 g/mol. The average Bonchev–Trinajstić information content (AvgIpc) is 3.31. The molecule has 0 atom stereocenters. The molecule has 0 bridgehead atoms. The van der Waals surface area contributed by atoms with E-state index in [1.807, 2.05) is 24.3 Å². The van der Waals surface area contributed by atoms with Crippen LogP contribution in [0.3, 0.4) is 0 Å². The summed E-state index contributed by atoms with van der Waals surface area (Å²) in [6, 6.07) is 18.6. The molecular formula is C21H25N5S. The van der Waals surface area contributed by atoms with Crippen molar-refractivity contribution in [3.8, 4) is 0 Å². The van der Waals surface area contributed by atoms with Crippen molar-refractivity contribution < 1.29 is 0 Å². The molecule has 1 saturated heterocycles. The Kier molecular flexibility index (Phi) is 5.65. The number of nitrogens with one attached hydrogen (secondary N) is 2. The highest BCUT2D eigenvalue weighted by Crippen LogP contribution is 2.21. The molecule has 1 aliphatic heterocycles. The molecule has 2 heterocycles. The second-order valence-corrected chi connectivity index (χ2v) is 7.33. The first kappa shape index (κ1) is 17.9.